The van der Waals surface area contributed by atoms with Crippen LogP contribution in [-0.4, -0.2) is 27.5 Å². The molecule has 0 fully saturated rings. The number of carbonyl (C=O) groups excluding carboxylic acids is 1. The van der Waals surface area contributed by atoms with Crippen LogP contribution in [0.1, 0.15) is 44.9 Å². The number of hydrogen-bond acceptors (Lipinski definition) is 4. The molecule has 2 atom stereocenters. The summed E-state index contributed by atoms with van der Waals surface area (Å²) in [4.78, 5) is 12.9. The lowest BCUT2D eigenvalue weighted by molar-refractivity contribution is -0.124. The third-order valence-corrected chi connectivity index (χ3v) is 6.30. The lowest BCUT2D eigenvalue weighted by Crippen LogP contribution is -2.50. The van der Waals surface area contributed by atoms with Gasteiger partial charge in [-0.25, -0.2) is 8.42 Å². The van der Waals surface area contributed by atoms with Gasteiger partial charge in [-0.1, -0.05) is 45.0 Å². The second-order valence-corrected chi connectivity index (χ2v) is 9.06. The number of sulfonamides is 1. The predicted octanol–water partition coefficient (Wildman–Crippen LogP) is 3.44. The molecule has 2 unspecified atom stereocenters. The second-order valence-electron chi connectivity index (χ2n) is 7.34. The first-order valence-electron chi connectivity index (χ1n) is 9.73. The van der Waals surface area contributed by atoms with E-state index in [4.69, 9.17) is 4.74 Å². The molecule has 1 amide bonds. The molecule has 0 heterocycles. The molecule has 2 aromatic carbocycles. The summed E-state index contributed by atoms with van der Waals surface area (Å²) in [6, 6.07) is 12.9. The van der Waals surface area contributed by atoms with Gasteiger partial charge in [0.15, 0.2) is 0 Å². The summed E-state index contributed by atoms with van der Waals surface area (Å²) in [6.45, 7) is 7.58. The zero-order valence-electron chi connectivity index (χ0n) is 17.6. The normalized spacial score (nSPS) is 13.7. The average molecular weight is 419 g/mol. The molecule has 6 nitrogen and oxygen atoms in total. The Hall–Kier alpha value is -2.38. The number of rotatable bonds is 9. The number of benzene rings is 2. The lowest BCUT2D eigenvalue weighted by Gasteiger charge is -2.24. The molecule has 0 saturated carbocycles. The SMILES string of the molecule is CCc1ccc(C(C)NC(=O)C(NS(=O)(=O)c2ccc(OC)cc2)C(C)C)cc1. The van der Waals surface area contributed by atoms with Crippen LogP contribution in [0.15, 0.2) is 53.4 Å². The maximum atomic E-state index is 12.8. The Morgan fingerprint density at radius 1 is 1.00 bits per heavy atom. The molecule has 0 bridgehead atoms. The Labute approximate surface area is 173 Å². The van der Waals surface area contributed by atoms with E-state index in [1.165, 1.54) is 24.8 Å². The van der Waals surface area contributed by atoms with Crippen LogP contribution in [0.25, 0.3) is 0 Å². The predicted molar refractivity (Wildman–Crippen MR) is 114 cm³/mol. The Morgan fingerprint density at radius 3 is 2.07 bits per heavy atom. The zero-order chi connectivity index (χ0) is 21.6. The minimum absolute atomic E-state index is 0.0833. The molecule has 158 valence electrons. The molecule has 0 saturated heterocycles. The highest BCUT2D eigenvalue weighted by Gasteiger charge is 2.29. The van der Waals surface area contributed by atoms with Crippen molar-refractivity contribution in [3.63, 3.8) is 0 Å². The van der Waals surface area contributed by atoms with Crippen molar-refractivity contribution >= 4 is 15.9 Å². The fourth-order valence-corrected chi connectivity index (χ4v) is 4.25. The third kappa shape index (κ3) is 6.05. The minimum atomic E-state index is -3.85. The highest BCUT2D eigenvalue weighted by atomic mass is 32.2. The van der Waals surface area contributed by atoms with Gasteiger partial charge in [-0.3, -0.25) is 4.79 Å². The van der Waals surface area contributed by atoms with Crippen molar-refractivity contribution in [2.75, 3.05) is 7.11 Å². The second kappa shape index (κ2) is 9.89. The summed E-state index contributed by atoms with van der Waals surface area (Å²) in [5.41, 5.74) is 2.19. The topological polar surface area (TPSA) is 84.5 Å². The monoisotopic (exact) mass is 418 g/mol. The Balaban J connectivity index is 2.13. The van der Waals surface area contributed by atoms with Gasteiger partial charge in [0.25, 0.3) is 0 Å². The molecular weight excluding hydrogens is 388 g/mol. The van der Waals surface area contributed by atoms with Crippen LogP contribution < -0.4 is 14.8 Å². The van der Waals surface area contributed by atoms with E-state index in [0.29, 0.717) is 5.75 Å². The maximum Gasteiger partial charge on any atom is 0.241 e. The van der Waals surface area contributed by atoms with Crippen molar-refractivity contribution in [2.24, 2.45) is 5.92 Å². The van der Waals surface area contributed by atoms with Crippen LogP contribution in [0.4, 0.5) is 0 Å². The summed E-state index contributed by atoms with van der Waals surface area (Å²) < 4.78 is 33.1. The van der Waals surface area contributed by atoms with Gasteiger partial charge in [0.2, 0.25) is 15.9 Å². The molecule has 2 aromatic rings. The van der Waals surface area contributed by atoms with E-state index in [2.05, 4.69) is 17.0 Å². The number of nitrogens with one attached hydrogen (secondary N) is 2. The highest BCUT2D eigenvalue weighted by molar-refractivity contribution is 7.89. The van der Waals surface area contributed by atoms with Crippen LogP contribution in [0.5, 0.6) is 5.75 Å². The molecule has 0 aliphatic heterocycles. The fourth-order valence-electron chi connectivity index (χ4n) is 2.91. The van der Waals surface area contributed by atoms with E-state index < -0.39 is 16.1 Å². The van der Waals surface area contributed by atoms with E-state index in [-0.39, 0.29) is 22.8 Å². The third-order valence-electron chi connectivity index (χ3n) is 4.85. The van der Waals surface area contributed by atoms with Gasteiger partial charge < -0.3 is 10.1 Å². The van der Waals surface area contributed by atoms with E-state index >= 15 is 0 Å². The maximum absolute atomic E-state index is 12.8. The van der Waals surface area contributed by atoms with Gasteiger partial charge in [-0.15, -0.1) is 0 Å². The molecule has 0 spiro atoms. The lowest BCUT2D eigenvalue weighted by atomic mass is 10.0. The van der Waals surface area contributed by atoms with E-state index in [1.807, 2.05) is 45.0 Å². The van der Waals surface area contributed by atoms with Crippen molar-refractivity contribution in [2.45, 2.75) is 51.1 Å². The van der Waals surface area contributed by atoms with Crippen LogP contribution >= 0.6 is 0 Å². The van der Waals surface area contributed by atoms with Crippen LogP contribution in [0.2, 0.25) is 0 Å². The summed E-state index contributed by atoms with van der Waals surface area (Å²) in [5, 5.41) is 2.92. The van der Waals surface area contributed by atoms with Crippen molar-refractivity contribution in [1.82, 2.24) is 10.0 Å². The first-order chi connectivity index (χ1) is 13.7. The van der Waals surface area contributed by atoms with Crippen LogP contribution in [0, 0.1) is 5.92 Å². The zero-order valence-corrected chi connectivity index (χ0v) is 18.4. The molecular formula is C22H30N2O4S. The van der Waals surface area contributed by atoms with Gasteiger partial charge in [-0.05, 0) is 54.7 Å². The first-order valence-corrected chi connectivity index (χ1v) is 11.2. The number of carbonyl (C=O) groups is 1. The summed E-state index contributed by atoms with van der Waals surface area (Å²) in [5.74, 6) is -0.0214. The molecule has 2 N–H and O–H groups in total. The molecule has 2 rings (SSSR count). The van der Waals surface area contributed by atoms with Crippen molar-refractivity contribution in [1.29, 1.82) is 0 Å². The average Bonchev–Trinajstić information content (AvgIpc) is 2.71. The Kier molecular flexibility index (Phi) is 7.81. The quantitative estimate of drug-likeness (QED) is 0.653. The van der Waals surface area contributed by atoms with Crippen molar-refractivity contribution in [3.8, 4) is 5.75 Å². The first kappa shape index (κ1) is 22.9. The number of ether oxygens (including phenoxy) is 1. The molecule has 0 aliphatic carbocycles. The smallest absolute Gasteiger partial charge is 0.241 e. The number of hydrogen-bond donors (Lipinski definition) is 2. The van der Waals surface area contributed by atoms with Crippen molar-refractivity contribution < 1.29 is 17.9 Å². The number of methoxy groups -OCH3 is 1. The van der Waals surface area contributed by atoms with Gasteiger partial charge in [0.05, 0.1) is 18.0 Å². The van der Waals surface area contributed by atoms with Crippen LogP contribution in [-0.2, 0) is 21.2 Å². The molecule has 29 heavy (non-hydrogen) atoms. The summed E-state index contributed by atoms with van der Waals surface area (Å²) >= 11 is 0. The Bertz CT molecular complexity index is 907. The van der Waals surface area contributed by atoms with E-state index in [1.54, 1.807) is 12.1 Å². The van der Waals surface area contributed by atoms with Crippen molar-refractivity contribution in [3.05, 3.63) is 59.7 Å². The number of aryl methyl sites for hydroxylation is 1. The standard InChI is InChI=1S/C22H30N2O4S/c1-6-17-7-9-18(10-8-17)16(4)23-22(25)21(15(2)3)24-29(26,27)20-13-11-19(28-5)12-14-20/h7-16,21,24H,6H2,1-5H3,(H,23,25). The Morgan fingerprint density at radius 2 is 1.59 bits per heavy atom. The molecule has 0 aliphatic rings. The van der Waals surface area contributed by atoms with Gasteiger partial charge in [-0.2, -0.15) is 4.72 Å². The minimum Gasteiger partial charge on any atom is -0.497 e. The number of amides is 1. The largest absolute Gasteiger partial charge is 0.497 e. The molecule has 0 aromatic heterocycles. The molecule has 0 radical (unpaired) electrons. The van der Waals surface area contributed by atoms with E-state index in [0.717, 1.165) is 12.0 Å². The van der Waals surface area contributed by atoms with Gasteiger partial charge in [0.1, 0.15) is 11.8 Å². The highest BCUT2D eigenvalue weighted by Crippen LogP contribution is 2.18. The summed E-state index contributed by atoms with van der Waals surface area (Å²) in [7, 11) is -2.34. The summed E-state index contributed by atoms with van der Waals surface area (Å²) in [6.07, 6.45) is 0.948. The molecule has 7 heteroatoms. The van der Waals surface area contributed by atoms with Gasteiger partial charge >= 0.3 is 0 Å². The van der Waals surface area contributed by atoms with Crippen LogP contribution in [0.3, 0.4) is 0 Å². The van der Waals surface area contributed by atoms with Gasteiger partial charge in [0, 0.05) is 0 Å². The fraction of sp³-hybridized carbons (Fsp3) is 0.409. The van der Waals surface area contributed by atoms with E-state index in [9.17, 15) is 13.2 Å².